The van der Waals surface area contributed by atoms with Crippen LogP contribution in [0.4, 0.5) is 8.78 Å². The lowest BCUT2D eigenvalue weighted by atomic mass is 10.2. The van der Waals surface area contributed by atoms with Crippen LogP contribution < -0.4 is 10.0 Å². The molecule has 0 spiro atoms. The van der Waals surface area contributed by atoms with E-state index in [0.717, 1.165) is 37.1 Å². The monoisotopic (exact) mass is 481 g/mol. The third kappa shape index (κ3) is 7.58. The fourth-order valence-electron chi connectivity index (χ4n) is 3.27. The van der Waals surface area contributed by atoms with Crippen molar-refractivity contribution >= 4 is 21.8 Å². The second kappa shape index (κ2) is 11.3. The van der Waals surface area contributed by atoms with Crippen LogP contribution in [0.15, 0.2) is 53.4 Å². The number of ether oxygens (including phenoxy) is 1. The number of amides is 2. The quantitative estimate of drug-likeness (QED) is 0.536. The molecular formula is C22H25F2N3O5S. The normalized spacial score (nSPS) is 15.9. The Morgan fingerprint density at radius 1 is 1.03 bits per heavy atom. The summed E-state index contributed by atoms with van der Waals surface area (Å²) in [5.74, 6) is -2.12. The Bertz CT molecular complexity index is 1060. The maximum atomic E-state index is 13.2. The van der Waals surface area contributed by atoms with Crippen LogP contribution in [0.2, 0.25) is 0 Å². The molecule has 2 amide bonds. The molecule has 0 aliphatic carbocycles. The zero-order valence-electron chi connectivity index (χ0n) is 17.8. The maximum absolute atomic E-state index is 13.2. The van der Waals surface area contributed by atoms with Crippen LogP contribution in [0, 0.1) is 11.6 Å². The van der Waals surface area contributed by atoms with Gasteiger partial charge in [-0.15, -0.1) is 0 Å². The molecule has 178 valence electrons. The second-order valence-electron chi connectivity index (χ2n) is 7.59. The van der Waals surface area contributed by atoms with Gasteiger partial charge in [0, 0.05) is 19.7 Å². The maximum Gasteiger partial charge on any atom is 0.241 e. The molecule has 1 aliphatic rings. The zero-order chi connectivity index (χ0) is 23.8. The van der Waals surface area contributed by atoms with Crippen molar-refractivity contribution in [3.63, 3.8) is 0 Å². The number of benzene rings is 2. The molecular weight excluding hydrogens is 456 g/mol. The van der Waals surface area contributed by atoms with Crippen LogP contribution in [0.25, 0.3) is 0 Å². The molecule has 33 heavy (non-hydrogen) atoms. The highest BCUT2D eigenvalue weighted by Crippen LogP contribution is 2.12. The van der Waals surface area contributed by atoms with Crippen molar-refractivity contribution in [3.05, 3.63) is 65.7 Å². The van der Waals surface area contributed by atoms with E-state index in [1.165, 1.54) is 29.2 Å². The van der Waals surface area contributed by atoms with E-state index >= 15 is 0 Å². The van der Waals surface area contributed by atoms with Gasteiger partial charge in [-0.3, -0.25) is 9.59 Å². The highest BCUT2D eigenvalue weighted by atomic mass is 32.2. The van der Waals surface area contributed by atoms with Gasteiger partial charge in [-0.25, -0.2) is 21.9 Å². The minimum Gasteiger partial charge on any atom is -0.376 e. The minimum absolute atomic E-state index is 0.0231. The van der Waals surface area contributed by atoms with Crippen LogP contribution in [0.3, 0.4) is 0 Å². The fraction of sp³-hybridized carbons (Fsp3) is 0.364. The van der Waals surface area contributed by atoms with Crippen molar-refractivity contribution < 1.29 is 31.5 Å². The van der Waals surface area contributed by atoms with Crippen LogP contribution >= 0.6 is 0 Å². The zero-order valence-corrected chi connectivity index (χ0v) is 18.6. The van der Waals surface area contributed by atoms with E-state index in [9.17, 15) is 26.8 Å². The van der Waals surface area contributed by atoms with E-state index < -0.39 is 40.0 Å². The van der Waals surface area contributed by atoms with E-state index in [4.69, 9.17) is 4.74 Å². The van der Waals surface area contributed by atoms with Gasteiger partial charge < -0.3 is 15.0 Å². The van der Waals surface area contributed by atoms with Gasteiger partial charge in [0.25, 0.3) is 0 Å². The Balaban J connectivity index is 1.64. The molecule has 2 aromatic carbocycles. The summed E-state index contributed by atoms with van der Waals surface area (Å²) in [6.07, 6.45) is 1.69. The molecule has 0 aromatic heterocycles. The summed E-state index contributed by atoms with van der Waals surface area (Å²) >= 11 is 0. The first-order chi connectivity index (χ1) is 15.7. The molecule has 1 saturated heterocycles. The molecule has 0 radical (unpaired) electrons. The third-order valence-corrected chi connectivity index (χ3v) is 6.48. The van der Waals surface area contributed by atoms with Crippen molar-refractivity contribution in [2.45, 2.75) is 30.4 Å². The van der Waals surface area contributed by atoms with E-state index in [0.29, 0.717) is 18.7 Å². The molecule has 1 atom stereocenters. The highest BCUT2D eigenvalue weighted by molar-refractivity contribution is 7.89. The number of rotatable bonds is 10. The summed E-state index contributed by atoms with van der Waals surface area (Å²) in [4.78, 5) is 26.2. The molecule has 1 heterocycles. The number of hydrogen-bond donors (Lipinski definition) is 2. The first-order valence-electron chi connectivity index (χ1n) is 10.4. The Hall–Kier alpha value is -2.89. The van der Waals surface area contributed by atoms with E-state index in [2.05, 4.69) is 10.0 Å². The van der Waals surface area contributed by atoms with Crippen molar-refractivity contribution in [1.29, 1.82) is 0 Å². The standard InChI is InChI=1S/C22H25F2N3O5S/c23-17-5-3-16(4-6-17)14-27(15-21(28)25-12-19-2-1-11-32-19)22(29)13-26-33(30,31)20-9-7-18(24)8-10-20/h3-10,19,26H,1-2,11-15H2,(H,25,28)/t19-/m1/s1. The van der Waals surface area contributed by atoms with Crippen LogP contribution in [-0.2, 0) is 30.9 Å². The van der Waals surface area contributed by atoms with Gasteiger partial charge in [-0.2, -0.15) is 0 Å². The summed E-state index contributed by atoms with van der Waals surface area (Å²) in [5, 5.41) is 2.72. The number of nitrogens with one attached hydrogen (secondary N) is 2. The van der Waals surface area contributed by atoms with E-state index in [1.807, 2.05) is 0 Å². The Labute approximate surface area is 191 Å². The molecule has 3 rings (SSSR count). The molecule has 1 aliphatic heterocycles. The lowest BCUT2D eigenvalue weighted by molar-refractivity contribution is -0.135. The first-order valence-corrected chi connectivity index (χ1v) is 11.9. The van der Waals surface area contributed by atoms with Gasteiger partial charge in [-0.05, 0) is 54.8 Å². The predicted molar refractivity (Wildman–Crippen MR) is 115 cm³/mol. The van der Waals surface area contributed by atoms with Gasteiger partial charge in [0.2, 0.25) is 21.8 Å². The van der Waals surface area contributed by atoms with Gasteiger partial charge in [0.05, 0.1) is 24.1 Å². The molecule has 2 aromatic rings. The lowest BCUT2D eigenvalue weighted by Crippen LogP contribution is -2.45. The average Bonchev–Trinajstić information content (AvgIpc) is 3.31. The van der Waals surface area contributed by atoms with E-state index in [1.54, 1.807) is 0 Å². The smallest absolute Gasteiger partial charge is 0.241 e. The predicted octanol–water partition coefficient (Wildman–Crippen LogP) is 1.57. The summed E-state index contributed by atoms with van der Waals surface area (Å²) in [6, 6.07) is 9.56. The van der Waals surface area contributed by atoms with Crippen LogP contribution in [0.1, 0.15) is 18.4 Å². The molecule has 0 bridgehead atoms. The summed E-state index contributed by atoms with van der Waals surface area (Å²) in [6.45, 7) is 0.00435. The number of nitrogens with zero attached hydrogens (tertiary/aromatic N) is 1. The lowest BCUT2D eigenvalue weighted by Gasteiger charge is -2.23. The first kappa shape index (κ1) is 24.7. The second-order valence-corrected chi connectivity index (χ2v) is 9.36. The van der Waals surface area contributed by atoms with Crippen molar-refractivity contribution in [1.82, 2.24) is 14.9 Å². The summed E-state index contributed by atoms with van der Waals surface area (Å²) < 4.78 is 58.7. The van der Waals surface area contributed by atoms with Crippen LogP contribution in [0.5, 0.6) is 0 Å². The molecule has 8 nitrogen and oxygen atoms in total. The Morgan fingerprint density at radius 3 is 2.27 bits per heavy atom. The van der Waals surface area contributed by atoms with Crippen molar-refractivity contribution in [3.8, 4) is 0 Å². The minimum atomic E-state index is -4.06. The number of halogens is 2. The molecule has 2 N–H and O–H groups in total. The van der Waals surface area contributed by atoms with E-state index in [-0.39, 0.29) is 24.1 Å². The van der Waals surface area contributed by atoms with Gasteiger partial charge in [0.15, 0.2) is 0 Å². The summed E-state index contributed by atoms with van der Waals surface area (Å²) in [5.41, 5.74) is 0.568. The topological polar surface area (TPSA) is 105 Å². The summed E-state index contributed by atoms with van der Waals surface area (Å²) in [7, 11) is -4.06. The van der Waals surface area contributed by atoms with Crippen LogP contribution in [-0.4, -0.2) is 57.5 Å². The molecule has 11 heteroatoms. The number of hydrogen-bond acceptors (Lipinski definition) is 5. The average molecular weight is 482 g/mol. The SMILES string of the molecule is O=C(CN(Cc1ccc(F)cc1)C(=O)CNS(=O)(=O)c1ccc(F)cc1)NC[C@H]1CCCO1. The van der Waals surface area contributed by atoms with Gasteiger partial charge >= 0.3 is 0 Å². The largest absolute Gasteiger partial charge is 0.376 e. The number of carbonyl (C=O) groups excluding carboxylic acids is 2. The fourth-order valence-corrected chi connectivity index (χ4v) is 4.24. The number of carbonyl (C=O) groups is 2. The molecule has 1 fully saturated rings. The molecule has 0 unspecified atom stereocenters. The Morgan fingerprint density at radius 2 is 1.67 bits per heavy atom. The van der Waals surface area contributed by atoms with Gasteiger partial charge in [0.1, 0.15) is 11.6 Å². The molecule has 0 saturated carbocycles. The Kier molecular flexibility index (Phi) is 8.48. The highest BCUT2D eigenvalue weighted by Gasteiger charge is 2.22. The number of sulfonamides is 1. The van der Waals surface area contributed by atoms with Crippen molar-refractivity contribution in [2.24, 2.45) is 0 Å². The third-order valence-electron chi connectivity index (χ3n) is 5.06. The van der Waals surface area contributed by atoms with Gasteiger partial charge in [-0.1, -0.05) is 12.1 Å². The van der Waals surface area contributed by atoms with Crippen molar-refractivity contribution in [2.75, 3.05) is 26.2 Å².